The van der Waals surface area contributed by atoms with Crippen LogP contribution in [-0.4, -0.2) is 41.5 Å². The number of rotatable bonds is 4. The van der Waals surface area contributed by atoms with Crippen LogP contribution in [0.4, 0.5) is 0 Å². The van der Waals surface area contributed by atoms with Crippen molar-refractivity contribution < 1.29 is 21.6 Å². The summed E-state index contributed by atoms with van der Waals surface area (Å²) in [5.74, 6) is 0.0554. The van der Waals surface area contributed by atoms with Crippen LogP contribution in [0, 0.1) is 0 Å². The number of sulfone groups is 1. The van der Waals surface area contributed by atoms with Gasteiger partial charge in [0.2, 0.25) is 10.0 Å². The van der Waals surface area contributed by atoms with Crippen molar-refractivity contribution in [3.8, 4) is 5.75 Å². The van der Waals surface area contributed by atoms with Gasteiger partial charge in [0, 0.05) is 10.5 Å². The van der Waals surface area contributed by atoms with E-state index in [-0.39, 0.29) is 28.6 Å². The largest absolute Gasteiger partial charge is 0.495 e. The van der Waals surface area contributed by atoms with Crippen molar-refractivity contribution in [2.45, 2.75) is 17.4 Å². The predicted molar refractivity (Wildman–Crippen MR) is 78.1 cm³/mol. The normalized spacial score (nSPS) is 21.8. The minimum absolute atomic E-state index is 0.00973. The number of nitrogens with one attached hydrogen (secondary N) is 1. The molecule has 1 fully saturated rings. The third kappa shape index (κ3) is 3.51. The van der Waals surface area contributed by atoms with Crippen LogP contribution in [0.15, 0.2) is 27.6 Å². The van der Waals surface area contributed by atoms with Gasteiger partial charge in [0.1, 0.15) is 10.6 Å². The lowest BCUT2D eigenvalue weighted by Crippen LogP contribution is -2.35. The van der Waals surface area contributed by atoms with Crippen LogP contribution >= 0.6 is 15.9 Å². The first-order valence-electron chi connectivity index (χ1n) is 5.80. The van der Waals surface area contributed by atoms with E-state index >= 15 is 0 Å². The van der Waals surface area contributed by atoms with Crippen LogP contribution in [0.5, 0.6) is 5.75 Å². The Bertz CT molecular complexity index is 714. The molecule has 0 unspecified atom stereocenters. The van der Waals surface area contributed by atoms with Crippen molar-refractivity contribution in [3.63, 3.8) is 0 Å². The van der Waals surface area contributed by atoms with Gasteiger partial charge in [-0.25, -0.2) is 21.6 Å². The molecule has 0 aromatic heterocycles. The summed E-state index contributed by atoms with van der Waals surface area (Å²) < 4.78 is 55.4. The zero-order valence-corrected chi connectivity index (χ0v) is 13.9. The van der Waals surface area contributed by atoms with E-state index in [1.165, 1.54) is 19.2 Å². The minimum Gasteiger partial charge on any atom is -0.495 e. The second-order valence-electron chi connectivity index (χ2n) is 4.52. The summed E-state index contributed by atoms with van der Waals surface area (Å²) in [7, 11) is -5.59. The van der Waals surface area contributed by atoms with E-state index in [1.807, 2.05) is 0 Å². The highest BCUT2D eigenvalue weighted by Gasteiger charge is 2.32. The molecule has 6 nitrogen and oxygen atoms in total. The first kappa shape index (κ1) is 15.7. The van der Waals surface area contributed by atoms with E-state index in [2.05, 4.69) is 20.7 Å². The Balaban J connectivity index is 2.29. The Kier molecular flexibility index (Phi) is 4.43. The van der Waals surface area contributed by atoms with Crippen LogP contribution in [0.2, 0.25) is 0 Å². The second-order valence-corrected chi connectivity index (χ2v) is 9.34. The van der Waals surface area contributed by atoms with Gasteiger partial charge in [-0.2, -0.15) is 0 Å². The summed E-state index contributed by atoms with van der Waals surface area (Å²) in [6.07, 6.45) is 0.290. The lowest BCUT2D eigenvalue weighted by Gasteiger charge is -2.14. The van der Waals surface area contributed by atoms with Gasteiger partial charge in [0.15, 0.2) is 9.84 Å². The molecule has 9 heteroatoms. The van der Waals surface area contributed by atoms with Crippen molar-refractivity contribution in [2.75, 3.05) is 18.6 Å². The van der Waals surface area contributed by atoms with Gasteiger partial charge in [-0.05, 0) is 24.6 Å². The van der Waals surface area contributed by atoms with Crippen LogP contribution in [0.1, 0.15) is 6.42 Å². The summed E-state index contributed by atoms with van der Waals surface area (Å²) in [4.78, 5) is -0.0151. The minimum atomic E-state index is -3.83. The fraction of sp³-hybridized carbons (Fsp3) is 0.455. The van der Waals surface area contributed by atoms with Crippen molar-refractivity contribution in [3.05, 3.63) is 22.7 Å². The van der Waals surface area contributed by atoms with Crippen LogP contribution in [0.3, 0.4) is 0 Å². The Morgan fingerprint density at radius 2 is 2.10 bits per heavy atom. The van der Waals surface area contributed by atoms with E-state index in [0.29, 0.717) is 4.47 Å². The quantitative estimate of drug-likeness (QED) is 0.834. The molecular formula is C11H14BrNO5S2. The Labute approximate surface area is 126 Å². The standard InChI is InChI=1S/C11H14BrNO5S2/c1-18-10-3-2-8(12)6-11(10)20(16,17)13-9-4-5-19(14,15)7-9/h2-3,6,9,13H,4-5,7H2,1H3/t9-/m0/s1. The van der Waals surface area contributed by atoms with Gasteiger partial charge >= 0.3 is 0 Å². The van der Waals surface area contributed by atoms with E-state index in [0.717, 1.165) is 0 Å². The highest BCUT2D eigenvalue weighted by molar-refractivity contribution is 9.10. The molecule has 0 amide bonds. The molecule has 20 heavy (non-hydrogen) atoms. The van der Waals surface area contributed by atoms with E-state index in [9.17, 15) is 16.8 Å². The van der Waals surface area contributed by atoms with E-state index in [4.69, 9.17) is 4.74 Å². The summed E-state index contributed by atoms with van der Waals surface area (Å²) >= 11 is 3.21. The number of ether oxygens (including phenoxy) is 1. The SMILES string of the molecule is COc1ccc(Br)cc1S(=O)(=O)N[C@H]1CCS(=O)(=O)C1. The third-order valence-corrected chi connectivity index (χ3v) is 6.77. The van der Waals surface area contributed by atoms with Gasteiger partial charge in [-0.15, -0.1) is 0 Å². The number of sulfonamides is 1. The number of methoxy groups -OCH3 is 1. The first-order chi connectivity index (χ1) is 9.23. The molecule has 1 aromatic carbocycles. The lowest BCUT2D eigenvalue weighted by molar-refractivity contribution is 0.402. The lowest BCUT2D eigenvalue weighted by atomic mass is 10.3. The molecule has 1 atom stereocenters. The topological polar surface area (TPSA) is 89.5 Å². The number of benzene rings is 1. The highest BCUT2D eigenvalue weighted by Crippen LogP contribution is 2.28. The summed E-state index contributed by atoms with van der Waals surface area (Å²) in [6.45, 7) is 0. The van der Waals surface area contributed by atoms with Crippen LogP contribution in [-0.2, 0) is 19.9 Å². The van der Waals surface area contributed by atoms with Crippen molar-refractivity contribution in [1.29, 1.82) is 0 Å². The monoisotopic (exact) mass is 383 g/mol. The van der Waals surface area contributed by atoms with Crippen molar-refractivity contribution >= 4 is 35.8 Å². The summed E-state index contributed by atoms with van der Waals surface area (Å²) in [5, 5.41) is 0. The molecule has 1 saturated heterocycles. The molecule has 112 valence electrons. The number of halogens is 1. The maximum atomic E-state index is 12.3. The molecule has 0 radical (unpaired) electrons. The first-order valence-corrected chi connectivity index (χ1v) is 9.89. The molecule has 2 rings (SSSR count). The van der Waals surface area contributed by atoms with Crippen molar-refractivity contribution in [2.24, 2.45) is 0 Å². The summed E-state index contributed by atoms with van der Waals surface area (Å²) in [5.41, 5.74) is 0. The average molecular weight is 384 g/mol. The molecule has 0 bridgehead atoms. The van der Waals surface area contributed by atoms with Gasteiger partial charge in [0.05, 0.1) is 18.6 Å². The number of hydrogen-bond acceptors (Lipinski definition) is 5. The maximum Gasteiger partial charge on any atom is 0.244 e. The zero-order valence-electron chi connectivity index (χ0n) is 10.7. The van der Waals surface area contributed by atoms with Gasteiger partial charge in [-0.3, -0.25) is 0 Å². The molecule has 1 aliphatic rings. The molecule has 1 aromatic rings. The predicted octanol–water partition coefficient (Wildman–Crippen LogP) is 0.923. The Morgan fingerprint density at radius 3 is 2.65 bits per heavy atom. The maximum absolute atomic E-state index is 12.3. The molecule has 0 aliphatic carbocycles. The Hall–Kier alpha value is -0.640. The Morgan fingerprint density at radius 1 is 1.40 bits per heavy atom. The average Bonchev–Trinajstić information content (AvgIpc) is 2.68. The van der Waals surface area contributed by atoms with Gasteiger partial charge < -0.3 is 4.74 Å². The van der Waals surface area contributed by atoms with Crippen LogP contribution in [0.25, 0.3) is 0 Å². The van der Waals surface area contributed by atoms with Gasteiger partial charge in [0.25, 0.3) is 0 Å². The molecule has 1 N–H and O–H groups in total. The van der Waals surface area contributed by atoms with Gasteiger partial charge in [-0.1, -0.05) is 15.9 Å². The smallest absolute Gasteiger partial charge is 0.244 e. The third-order valence-electron chi connectivity index (χ3n) is 2.97. The van der Waals surface area contributed by atoms with Crippen LogP contribution < -0.4 is 9.46 Å². The molecule has 0 saturated carbocycles. The second kappa shape index (κ2) is 5.63. The van der Waals surface area contributed by atoms with E-state index < -0.39 is 25.9 Å². The molecular weight excluding hydrogens is 370 g/mol. The molecule has 1 aliphatic heterocycles. The number of hydrogen-bond donors (Lipinski definition) is 1. The fourth-order valence-corrected chi connectivity index (χ4v) is 5.79. The van der Waals surface area contributed by atoms with Crippen molar-refractivity contribution in [1.82, 2.24) is 4.72 Å². The van der Waals surface area contributed by atoms with E-state index in [1.54, 1.807) is 6.07 Å². The molecule has 1 heterocycles. The summed E-state index contributed by atoms with van der Waals surface area (Å²) in [6, 6.07) is 4.03. The molecule has 0 spiro atoms. The highest BCUT2D eigenvalue weighted by atomic mass is 79.9. The fourth-order valence-electron chi connectivity index (χ4n) is 2.03. The zero-order chi connectivity index (χ0) is 15.0.